The fourth-order valence-electron chi connectivity index (χ4n) is 9.81. The van der Waals surface area contributed by atoms with Crippen molar-refractivity contribution >= 4 is 23.6 Å². The van der Waals surface area contributed by atoms with Crippen LogP contribution < -0.4 is 15.4 Å². The summed E-state index contributed by atoms with van der Waals surface area (Å²) in [7, 11) is 0. The molecule has 306 valence electrons. The first-order valence-corrected chi connectivity index (χ1v) is 19.2. The standard InChI is InChI=1S/C42H46N4O12/c43-34-11-9-24-8-7-22-3-1-2-4-28(22)41(24,34)17-27-26-15-31(49)32(57-42(56)39(53)38(52)37(51)33(19-47)58-42)16-29(26)46(36(27)40(54)55)35(50)12-6-21-5-10-30(48)23(13-21)14-25-18-44-20-45-25/h1-6,10,12-13,15-16,18,20,24,27,33-34,36-39,47-49,51-53,56H,7-9,11,14,17,19,43H2,(H,44,45)(H,54,55)/b12-6+/t24-,27+,33+,34-,36+,37+,38-,39+,41+,42-/m0/s1. The molecule has 4 aliphatic rings. The van der Waals surface area contributed by atoms with E-state index in [-0.39, 0.29) is 29.8 Å². The van der Waals surface area contributed by atoms with E-state index in [1.54, 1.807) is 18.3 Å². The van der Waals surface area contributed by atoms with Crippen LogP contribution in [0.25, 0.3) is 6.08 Å². The summed E-state index contributed by atoms with van der Waals surface area (Å²) in [5.74, 6) is -7.13. The number of carbonyl (C=O) groups is 2. The van der Waals surface area contributed by atoms with Gasteiger partial charge in [0.05, 0.1) is 18.6 Å². The number of aliphatic carboxylic acids is 1. The number of benzene rings is 3. The second-order valence-electron chi connectivity index (χ2n) is 15.8. The van der Waals surface area contributed by atoms with Crippen LogP contribution in [0.3, 0.4) is 0 Å². The summed E-state index contributed by atoms with van der Waals surface area (Å²) in [5, 5.41) is 85.4. The van der Waals surface area contributed by atoms with Crippen LogP contribution in [0.4, 0.5) is 5.69 Å². The predicted octanol–water partition coefficient (Wildman–Crippen LogP) is 1.52. The van der Waals surface area contributed by atoms with Gasteiger partial charge in [-0.1, -0.05) is 30.3 Å². The third-order valence-electron chi connectivity index (χ3n) is 12.6. The van der Waals surface area contributed by atoms with E-state index in [0.29, 0.717) is 29.5 Å². The van der Waals surface area contributed by atoms with Crippen LogP contribution in [0.1, 0.15) is 65.1 Å². The third kappa shape index (κ3) is 6.60. The van der Waals surface area contributed by atoms with Crippen LogP contribution >= 0.6 is 0 Å². The maximum absolute atomic E-state index is 14.5. The second-order valence-corrected chi connectivity index (χ2v) is 15.8. The number of anilines is 1. The Balaban J connectivity index is 1.21. The van der Waals surface area contributed by atoms with E-state index in [1.807, 2.05) is 18.2 Å². The smallest absolute Gasteiger partial charge is 0.355 e. The summed E-state index contributed by atoms with van der Waals surface area (Å²) in [5.41, 5.74) is 10.6. The van der Waals surface area contributed by atoms with Crippen LogP contribution in [0.2, 0.25) is 0 Å². The van der Waals surface area contributed by atoms with Crippen molar-refractivity contribution in [3.63, 3.8) is 0 Å². The second kappa shape index (κ2) is 15.1. The number of aromatic hydroxyl groups is 2. The lowest BCUT2D eigenvalue weighted by atomic mass is 9.59. The van der Waals surface area contributed by atoms with Crippen molar-refractivity contribution in [3.8, 4) is 17.2 Å². The van der Waals surface area contributed by atoms with Gasteiger partial charge >= 0.3 is 11.9 Å². The minimum absolute atomic E-state index is 0.0160. The van der Waals surface area contributed by atoms with Gasteiger partial charge in [-0.15, -0.1) is 0 Å². The number of hydrogen-bond acceptors (Lipinski definition) is 13. The van der Waals surface area contributed by atoms with Crippen LogP contribution in [-0.2, 0) is 32.6 Å². The number of rotatable bonds is 10. The lowest BCUT2D eigenvalue weighted by molar-refractivity contribution is -0.422. The SMILES string of the molecule is N[C@H]1CC[C@@H]2CCc3ccccc3[C@@]21C[C@@H]1c2cc(O)c(O[C@]3(O)O[C@H](CO)[C@@H](O)[C@H](O)[C@H]3O)cc2N(C(=O)/C=C/c2ccc(O)c(Cc3cnc[nH]3)c2)[C@H]1C(=O)O. The Morgan fingerprint density at radius 1 is 1.03 bits per heavy atom. The van der Waals surface area contributed by atoms with Gasteiger partial charge in [-0.3, -0.25) is 9.69 Å². The van der Waals surface area contributed by atoms with E-state index in [9.17, 15) is 50.4 Å². The van der Waals surface area contributed by atoms with Crippen molar-refractivity contribution in [2.75, 3.05) is 11.5 Å². The lowest BCUT2D eigenvalue weighted by Gasteiger charge is -2.46. The molecule has 11 N–H and O–H groups in total. The summed E-state index contributed by atoms with van der Waals surface area (Å²) >= 11 is 0. The van der Waals surface area contributed by atoms with Crippen molar-refractivity contribution in [3.05, 3.63) is 107 Å². The Morgan fingerprint density at radius 3 is 2.57 bits per heavy atom. The highest BCUT2D eigenvalue weighted by molar-refractivity contribution is 6.10. The first kappa shape index (κ1) is 39.5. The molecule has 1 amide bonds. The molecule has 0 radical (unpaired) electrons. The van der Waals surface area contributed by atoms with Gasteiger partial charge in [-0.25, -0.2) is 9.78 Å². The van der Waals surface area contributed by atoms with Crippen molar-refractivity contribution in [2.45, 2.75) is 92.3 Å². The highest BCUT2D eigenvalue weighted by Gasteiger charge is 2.58. The molecule has 16 nitrogen and oxygen atoms in total. The molecular weight excluding hydrogens is 752 g/mol. The van der Waals surface area contributed by atoms with E-state index in [0.717, 1.165) is 47.0 Å². The highest BCUT2D eigenvalue weighted by Crippen LogP contribution is 2.59. The van der Waals surface area contributed by atoms with Gasteiger partial charge in [0.25, 0.3) is 5.91 Å². The first-order chi connectivity index (χ1) is 27.7. The van der Waals surface area contributed by atoms with Gasteiger partial charge in [0.1, 0.15) is 30.1 Å². The van der Waals surface area contributed by atoms with E-state index in [4.69, 9.17) is 15.2 Å². The quantitative estimate of drug-likeness (QED) is 0.0806. The summed E-state index contributed by atoms with van der Waals surface area (Å²) in [6, 6.07) is 13.3. The summed E-state index contributed by atoms with van der Waals surface area (Å²) in [6.45, 7) is -0.886. The number of fused-ring (bicyclic) bond motifs is 4. The fourth-order valence-corrected chi connectivity index (χ4v) is 9.81. The molecule has 10 atom stereocenters. The zero-order valence-electron chi connectivity index (χ0n) is 31.3. The topological polar surface area (TPSA) is 272 Å². The fraction of sp³-hybridized carbons (Fsp3) is 0.405. The number of imidazole rings is 1. The van der Waals surface area contributed by atoms with Gasteiger partial charge in [-0.05, 0) is 84.6 Å². The third-order valence-corrected chi connectivity index (χ3v) is 12.6. The van der Waals surface area contributed by atoms with E-state index < -0.39 is 77.7 Å². The number of aromatic nitrogens is 2. The molecule has 0 bridgehead atoms. The average molecular weight is 799 g/mol. The predicted molar refractivity (Wildman–Crippen MR) is 206 cm³/mol. The molecule has 58 heavy (non-hydrogen) atoms. The molecular formula is C42H46N4O12. The molecule has 3 aromatic carbocycles. The van der Waals surface area contributed by atoms with E-state index in [2.05, 4.69) is 16.0 Å². The van der Waals surface area contributed by atoms with E-state index in [1.165, 1.54) is 30.6 Å². The maximum atomic E-state index is 14.5. The highest BCUT2D eigenvalue weighted by atomic mass is 16.8. The molecule has 2 aliphatic carbocycles. The van der Waals surface area contributed by atoms with Crippen LogP contribution in [-0.4, -0.2) is 112 Å². The number of phenolic OH excluding ortho intramolecular Hbond substituents is 2. The molecule has 1 saturated heterocycles. The average Bonchev–Trinajstić information content (AvgIpc) is 3.92. The molecule has 0 spiro atoms. The molecule has 3 heterocycles. The van der Waals surface area contributed by atoms with Crippen molar-refractivity contribution < 1.29 is 59.9 Å². The Labute approximate surface area is 332 Å². The minimum Gasteiger partial charge on any atom is -0.508 e. The number of aliphatic hydroxyl groups is 5. The van der Waals surface area contributed by atoms with Crippen molar-refractivity contribution in [1.82, 2.24) is 9.97 Å². The maximum Gasteiger partial charge on any atom is 0.355 e. The zero-order chi connectivity index (χ0) is 41.1. The number of phenols is 2. The number of nitrogens with one attached hydrogen (secondary N) is 1. The summed E-state index contributed by atoms with van der Waals surface area (Å²) in [4.78, 5) is 36.1. The number of hydrogen-bond donors (Lipinski definition) is 10. The molecule has 2 fully saturated rings. The number of amides is 1. The van der Waals surface area contributed by atoms with Gasteiger partial charge in [0.15, 0.2) is 17.6 Å². The van der Waals surface area contributed by atoms with Gasteiger partial charge in [-0.2, -0.15) is 0 Å². The number of nitrogens with zero attached hydrogens (tertiary/aromatic N) is 2. The Hall–Kier alpha value is -5.33. The van der Waals surface area contributed by atoms with Gasteiger partial charge in [0.2, 0.25) is 0 Å². The molecule has 0 unspecified atom stereocenters. The molecule has 8 rings (SSSR count). The number of H-pyrrole nitrogens is 1. The molecule has 2 aliphatic heterocycles. The largest absolute Gasteiger partial charge is 0.508 e. The lowest BCUT2D eigenvalue weighted by Crippen LogP contribution is -2.67. The number of aromatic amines is 1. The Kier molecular flexibility index (Phi) is 10.3. The normalized spacial score (nSPS) is 31.5. The van der Waals surface area contributed by atoms with Gasteiger partial charge < -0.3 is 61.0 Å². The van der Waals surface area contributed by atoms with E-state index >= 15 is 0 Å². The first-order valence-electron chi connectivity index (χ1n) is 19.2. The molecule has 16 heteroatoms. The van der Waals surface area contributed by atoms with Crippen LogP contribution in [0.15, 0.2) is 73.2 Å². The zero-order valence-corrected chi connectivity index (χ0v) is 31.3. The number of carbonyl (C=O) groups excluding carboxylic acids is 1. The number of carboxylic acids is 1. The summed E-state index contributed by atoms with van der Waals surface area (Å²) < 4.78 is 10.9. The number of aryl methyl sites for hydroxylation is 1. The van der Waals surface area contributed by atoms with Crippen molar-refractivity contribution in [2.24, 2.45) is 11.7 Å². The van der Waals surface area contributed by atoms with Crippen LogP contribution in [0.5, 0.6) is 17.2 Å². The Bertz CT molecular complexity index is 2230. The van der Waals surface area contributed by atoms with Crippen LogP contribution in [0, 0.1) is 5.92 Å². The monoisotopic (exact) mass is 798 g/mol. The number of ether oxygens (including phenoxy) is 2. The number of nitrogens with two attached hydrogens (primary N) is 1. The molecule has 1 aromatic heterocycles. The number of carboxylic acid groups (broad SMARTS) is 1. The molecule has 1 saturated carbocycles. The summed E-state index contributed by atoms with van der Waals surface area (Å²) in [6.07, 6.45) is 1.84. The van der Waals surface area contributed by atoms with Gasteiger partial charge in [0, 0.05) is 53.4 Å². The Morgan fingerprint density at radius 2 is 1.83 bits per heavy atom. The minimum atomic E-state index is -3.11. The molecule has 4 aromatic rings. The number of aliphatic hydroxyl groups excluding tert-OH is 4. The van der Waals surface area contributed by atoms with Crippen molar-refractivity contribution in [1.29, 1.82) is 0 Å².